The molecule has 0 radical (unpaired) electrons. The molecule has 386 valence electrons. The summed E-state index contributed by atoms with van der Waals surface area (Å²) >= 11 is 0. The van der Waals surface area contributed by atoms with Crippen molar-refractivity contribution in [3.63, 3.8) is 0 Å². The first-order valence-electron chi connectivity index (χ1n) is 22.9. The minimum atomic E-state index is -4.78. The van der Waals surface area contributed by atoms with Crippen LogP contribution in [0.1, 0.15) is 35.0 Å². The van der Waals surface area contributed by atoms with Crippen LogP contribution in [0, 0.1) is 11.3 Å². The van der Waals surface area contributed by atoms with Gasteiger partial charge in [0, 0.05) is 42.3 Å². The minimum absolute atomic E-state index is 0.0559. The molecule has 74 heavy (non-hydrogen) atoms. The number of benzene rings is 4. The van der Waals surface area contributed by atoms with E-state index in [1.54, 1.807) is 26.4 Å². The number of aromatic hydroxyl groups is 1. The van der Waals surface area contributed by atoms with E-state index in [-0.39, 0.29) is 49.0 Å². The normalized spacial score (nSPS) is 20.7. The Morgan fingerprint density at radius 2 is 1.55 bits per heavy atom. The number of aromatic nitrogens is 5. The molecule has 0 spiro atoms. The first kappa shape index (κ1) is 52.3. The van der Waals surface area contributed by atoms with Crippen molar-refractivity contribution in [2.24, 2.45) is 0 Å². The van der Waals surface area contributed by atoms with Gasteiger partial charge in [-0.25, -0.2) is 18.8 Å². The zero-order valence-electron chi connectivity index (χ0n) is 39.9. The molecule has 4 aromatic carbocycles. The van der Waals surface area contributed by atoms with E-state index in [2.05, 4.69) is 15.3 Å². The SMILES string of the molecule is COc1ccc(C(OC[C@H]2O[C@@H](n3ccc(=O)[nH]c3=O)[C@H](OC)[C@@H]2OP(=O)(OCCC#N)OC2CSSC[C@H]2OCc2cn(-c3cc4ccc(O)cc4oc3=O)nn2)(c2ccccc2)c2ccc(OC)cc2)cc1. The fourth-order valence-electron chi connectivity index (χ4n) is 8.58. The predicted octanol–water partition coefficient (Wildman–Crippen LogP) is 6.66. The van der Waals surface area contributed by atoms with Gasteiger partial charge in [0.25, 0.3) is 5.56 Å². The van der Waals surface area contributed by atoms with Crippen molar-refractivity contribution in [3.8, 4) is 29.0 Å². The Hall–Kier alpha value is -6.55. The predicted molar refractivity (Wildman–Crippen MR) is 270 cm³/mol. The van der Waals surface area contributed by atoms with Gasteiger partial charge in [-0.2, -0.15) is 5.26 Å². The number of aromatic amines is 1. The highest BCUT2D eigenvalue weighted by Crippen LogP contribution is 2.56. The third-order valence-corrected chi connectivity index (χ3v) is 16.1. The lowest BCUT2D eigenvalue weighted by Gasteiger charge is -2.37. The Kier molecular flexibility index (Phi) is 16.5. The number of H-pyrrole nitrogens is 1. The van der Waals surface area contributed by atoms with Gasteiger partial charge in [0.15, 0.2) is 11.9 Å². The lowest BCUT2D eigenvalue weighted by molar-refractivity contribution is -0.0979. The van der Waals surface area contributed by atoms with Gasteiger partial charge in [-0.15, -0.1) is 5.10 Å². The summed E-state index contributed by atoms with van der Waals surface area (Å²) < 4.78 is 79.3. The molecule has 21 nitrogen and oxygen atoms in total. The summed E-state index contributed by atoms with van der Waals surface area (Å²) in [7, 11) is 2.65. The number of nitriles is 1. The van der Waals surface area contributed by atoms with Crippen LogP contribution < -0.4 is 26.3 Å². The molecule has 0 amide bonds. The molecule has 5 heterocycles. The molecule has 2 N–H and O–H groups in total. The molecular weight excluding hydrogens is 1020 g/mol. The van der Waals surface area contributed by atoms with E-state index in [1.807, 2.05) is 84.9 Å². The zero-order valence-corrected chi connectivity index (χ0v) is 42.4. The lowest BCUT2D eigenvalue weighted by Crippen LogP contribution is -2.42. The van der Waals surface area contributed by atoms with Crippen LogP contribution in [-0.4, -0.2) is 106 Å². The molecule has 0 bridgehead atoms. The van der Waals surface area contributed by atoms with Crippen molar-refractivity contribution in [2.75, 3.05) is 46.0 Å². The van der Waals surface area contributed by atoms with Crippen LogP contribution in [0.15, 0.2) is 140 Å². The van der Waals surface area contributed by atoms with Gasteiger partial charge >= 0.3 is 19.1 Å². The largest absolute Gasteiger partial charge is 0.508 e. The molecule has 0 aliphatic carbocycles. The van der Waals surface area contributed by atoms with Gasteiger partial charge in [-0.05, 0) is 59.2 Å². The van der Waals surface area contributed by atoms with Crippen molar-refractivity contribution < 1.29 is 56.1 Å². The first-order valence-corrected chi connectivity index (χ1v) is 26.9. The number of hydrogen-bond donors (Lipinski definition) is 2. The second-order valence-corrected chi connectivity index (χ2v) is 20.8. The number of phosphoric acid groups is 1. The van der Waals surface area contributed by atoms with E-state index in [0.29, 0.717) is 39.5 Å². The van der Waals surface area contributed by atoms with E-state index >= 15 is 4.57 Å². The molecule has 2 aliphatic rings. The van der Waals surface area contributed by atoms with Crippen LogP contribution in [0.25, 0.3) is 16.7 Å². The van der Waals surface area contributed by atoms with Crippen LogP contribution in [0.4, 0.5) is 0 Å². The summed E-state index contributed by atoms with van der Waals surface area (Å²) in [5.41, 5.74) is -0.813. The van der Waals surface area contributed by atoms with Crippen molar-refractivity contribution in [2.45, 2.75) is 55.4 Å². The highest BCUT2D eigenvalue weighted by molar-refractivity contribution is 8.76. The fourth-order valence-corrected chi connectivity index (χ4v) is 12.7. The summed E-state index contributed by atoms with van der Waals surface area (Å²) in [6.45, 7) is -0.773. The van der Waals surface area contributed by atoms with Crippen LogP contribution >= 0.6 is 29.4 Å². The second kappa shape index (κ2) is 23.3. The maximum Gasteiger partial charge on any atom is 0.475 e. The third kappa shape index (κ3) is 11.4. The summed E-state index contributed by atoms with van der Waals surface area (Å²) in [5.74, 6) is 1.77. The number of methoxy groups -OCH3 is 3. The number of phenolic OH excluding ortho intramolecular Hbond substituents is 1. The fraction of sp³-hybridized carbons (Fsp3) is 0.320. The number of rotatable bonds is 21. The molecule has 0 saturated carbocycles. The Morgan fingerprint density at radius 1 is 0.865 bits per heavy atom. The van der Waals surface area contributed by atoms with Crippen molar-refractivity contribution >= 4 is 40.4 Å². The molecule has 2 unspecified atom stereocenters. The second-order valence-electron chi connectivity index (χ2n) is 16.7. The molecular formula is C50H49N6O15PS2. The van der Waals surface area contributed by atoms with Gasteiger partial charge in [0.2, 0.25) is 0 Å². The Morgan fingerprint density at radius 3 is 2.22 bits per heavy atom. The number of fused-ring (bicyclic) bond motifs is 1. The van der Waals surface area contributed by atoms with Gasteiger partial charge in [0.1, 0.15) is 58.5 Å². The zero-order chi connectivity index (χ0) is 51.8. The molecule has 24 heteroatoms. The maximum atomic E-state index is 15.4. The number of phosphoric ester groups is 1. The van der Waals surface area contributed by atoms with E-state index in [1.165, 1.54) is 57.9 Å². The lowest BCUT2D eigenvalue weighted by atomic mass is 9.80. The van der Waals surface area contributed by atoms with Crippen molar-refractivity contribution in [1.82, 2.24) is 24.5 Å². The topological polar surface area (TPSA) is 260 Å². The van der Waals surface area contributed by atoms with Crippen LogP contribution in [0.5, 0.6) is 17.2 Å². The van der Waals surface area contributed by atoms with Crippen molar-refractivity contribution in [3.05, 3.63) is 175 Å². The highest BCUT2D eigenvalue weighted by Gasteiger charge is 2.53. The summed E-state index contributed by atoms with van der Waals surface area (Å²) in [4.78, 5) is 40.9. The van der Waals surface area contributed by atoms with Crippen molar-refractivity contribution in [1.29, 1.82) is 5.26 Å². The Bertz CT molecular complexity index is 3270. The van der Waals surface area contributed by atoms with E-state index in [0.717, 1.165) is 16.2 Å². The summed E-state index contributed by atoms with van der Waals surface area (Å²) in [5, 5.41) is 28.2. The monoisotopic (exact) mass is 1070 g/mol. The van der Waals surface area contributed by atoms with Gasteiger partial charge in [-0.3, -0.25) is 27.9 Å². The van der Waals surface area contributed by atoms with Gasteiger partial charge in [-0.1, -0.05) is 81.4 Å². The number of nitrogens with zero attached hydrogens (tertiary/aromatic N) is 5. The molecule has 7 aromatic rings. The van der Waals surface area contributed by atoms with Crippen LogP contribution in [-0.2, 0) is 49.3 Å². The highest BCUT2D eigenvalue weighted by atomic mass is 33.1. The van der Waals surface area contributed by atoms with Crippen LogP contribution in [0.2, 0.25) is 0 Å². The van der Waals surface area contributed by atoms with Gasteiger partial charge < -0.3 is 37.9 Å². The number of hydrogen-bond acceptors (Lipinski definition) is 20. The van der Waals surface area contributed by atoms with E-state index < -0.39 is 67.0 Å². The van der Waals surface area contributed by atoms with E-state index in [9.17, 15) is 24.8 Å². The molecule has 7 atom stereocenters. The number of nitrogens with one attached hydrogen (secondary N) is 1. The molecule has 2 fully saturated rings. The maximum absolute atomic E-state index is 15.4. The first-order chi connectivity index (χ1) is 35.9. The Balaban J connectivity index is 1.03. The summed E-state index contributed by atoms with van der Waals surface area (Å²) in [6.07, 6.45) is -4.18. The number of ether oxygens (including phenoxy) is 6. The van der Waals surface area contributed by atoms with Crippen LogP contribution in [0.3, 0.4) is 0 Å². The van der Waals surface area contributed by atoms with E-state index in [4.69, 9.17) is 46.4 Å². The Labute approximate surface area is 430 Å². The average molecular weight is 1070 g/mol. The average Bonchev–Trinajstić information content (AvgIpc) is 4.03. The minimum Gasteiger partial charge on any atom is -0.508 e. The molecule has 3 aromatic heterocycles. The third-order valence-electron chi connectivity index (χ3n) is 12.2. The number of phenols is 1. The quantitative estimate of drug-likeness (QED) is 0.0251. The molecule has 2 aliphatic heterocycles. The standard InChI is InChI=1S/C50H49N6O15PS2/c1-62-37-16-11-33(12-17-37)50(32-8-5-4-6-9-32,34-13-18-38(63-2)19-14-34)66-28-41-45(46(64-3)47(68-41)55-22-20-44(58)52-49(55)60)71-72(61,67-23-7-21-51)70-43-30-74-73-29-42(43)65-27-35-26-56(54-53-35)39-24-31-10-15-36(57)25-40(31)69-48(39)59/h4-6,8-20,22,24-26,41-43,45-47,57H,7,23,27-30H2,1-3H3,(H,52,58,60)/t41-,42-,43?,45-,46-,47-,72?/m1/s1. The summed E-state index contributed by atoms with van der Waals surface area (Å²) in [6, 6.07) is 33.3. The molecule has 9 rings (SSSR count). The smallest absolute Gasteiger partial charge is 0.475 e. The molecule has 2 saturated heterocycles. The van der Waals surface area contributed by atoms with Gasteiger partial charge in [0.05, 0.1) is 58.8 Å².